The molecular formula is C53H105NO3. The maximum Gasteiger partial charge on any atom is 0.220 e. The molecule has 0 saturated carbocycles. The van der Waals surface area contributed by atoms with E-state index >= 15 is 0 Å². The van der Waals surface area contributed by atoms with Gasteiger partial charge >= 0.3 is 0 Å². The van der Waals surface area contributed by atoms with Crippen molar-refractivity contribution in [3.05, 3.63) is 12.2 Å². The van der Waals surface area contributed by atoms with Crippen LogP contribution in [0.3, 0.4) is 0 Å². The number of rotatable bonds is 49. The summed E-state index contributed by atoms with van der Waals surface area (Å²) in [7, 11) is 0. The maximum absolute atomic E-state index is 12.4. The van der Waals surface area contributed by atoms with Crippen LogP contribution in [0.4, 0.5) is 0 Å². The van der Waals surface area contributed by atoms with Gasteiger partial charge in [0.05, 0.1) is 18.8 Å². The highest BCUT2D eigenvalue weighted by atomic mass is 16.3. The Morgan fingerprint density at radius 1 is 0.404 bits per heavy atom. The number of hydrogen-bond donors (Lipinski definition) is 3. The van der Waals surface area contributed by atoms with Crippen molar-refractivity contribution < 1.29 is 15.0 Å². The highest BCUT2D eigenvalue weighted by molar-refractivity contribution is 5.76. The summed E-state index contributed by atoms with van der Waals surface area (Å²) in [4.78, 5) is 12.4. The van der Waals surface area contributed by atoms with Gasteiger partial charge in [-0.2, -0.15) is 0 Å². The molecule has 4 nitrogen and oxygen atoms in total. The fourth-order valence-corrected chi connectivity index (χ4v) is 8.48. The third-order valence-corrected chi connectivity index (χ3v) is 12.5. The molecule has 0 aliphatic carbocycles. The molecule has 1 amide bonds. The third kappa shape index (κ3) is 46.1. The van der Waals surface area contributed by atoms with Crippen LogP contribution in [-0.2, 0) is 4.79 Å². The SMILES string of the molecule is CCCCCCCCCC/C=C\CCCCCCCCCCCCCCCCCCCCCCCCCCCC(=O)NC(CO)C(O)CCCCCCCCCC. The van der Waals surface area contributed by atoms with Crippen molar-refractivity contribution in [3.8, 4) is 0 Å². The first-order valence-electron chi connectivity index (χ1n) is 26.4. The van der Waals surface area contributed by atoms with E-state index < -0.39 is 12.1 Å². The quantitative estimate of drug-likeness (QED) is 0.0424. The van der Waals surface area contributed by atoms with Crippen molar-refractivity contribution in [2.45, 2.75) is 315 Å². The Balaban J connectivity index is 3.30. The smallest absolute Gasteiger partial charge is 0.220 e. The van der Waals surface area contributed by atoms with E-state index in [1.807, 2.05) is 0 Å². The van der Waals surface area contributed by atoms with Crippen molar-refractivity contribution in [1.82, 2.24) is 5.32 Å². The summed E-state index contributed by atoms with van der Waals surface area (Å²) >= 11 is 0. The van der Waals surface area contributed by atoms with Crippen molar-refractivity contribution >= 4 is 5.91 Å². The Bertz CT molecular complexity index is 784. The zero-order chi connectivity index (χ0) is 41.4. The maximum atomic E-state index is 12.4. The third-order valence-electron chi connectivity index (χ3n) is 12.5. The van der Waals surface area contributed by atoms with E-state index in [0.717, 1.165) is 25.7 Å². The Kier molecular flexibility index (Phi) is 48.7. The van der Waals surface area contributed by atoms with Crippen LogP contribution in [-0.4, -0.2) is 34.9 Å². The summed E-state index contributed by atoms with van der Waals surface area (Å²) in [5.74, 6) is -0.0286. The van der Waals surface area contributed by atoms with Crippen LogP contribution in [0, 0.1) is 0 Å². The monoisotopic (exact) mass is 804 g/mol. The second-order valence-corrected chi connectivity index (χ2v) is 18.3. The van der Waals surface area contributed by atoms with Crippen LogP contribution in [0.1, 0.15) is 303 Å². The number of unbranched alkanes of at least 4 members (excludes halogenated alkanes) is 40. The Morgan fingerprint density at radius 2 is 0.667 bits per heavy atom. The van der Waals surface area contributed by atoms with E-state index in [9.17, 15) is 15.0 Å². The van der Waals surface area contributed by atoms with Gasteiger partial charge in [-0.15, -0.1) is 0 Å². The van der Waals surface area contributed by atoms with Gasteiger partial charge in [0.1, 0.15) is 0 Å². The highest BCUT2D eigenvalue weighted by Crippen LogP contribution is 2.17. The van der Waals surface area contributed by atoms with Crippen molar-refractivity contribution in [3.63, 3.8) is 0 Å². The van der Waals surface area contributed by atoms with Crippen LogP contribution in [0.25, 0.3) is 0 Å². The number of aliphatic hydroxyl groups excluding tert-OH is 2. The first-order valence-corrected chi connectivity index (χ1v) is 26.4. The summed E-state index contributed by atoms with van der Waals surface area (Å²) in [5.41, 5.74) is 0. The van der Waals surface area contributed by atoms with Crippen LogP contribution in [0.5, 0.6) is 0 Å². The number of carbonyl (C=O) groups is 1. The molecule has 340 valence electrons. The lowest BCUT2D eigenvalue weighted by atomic mass is 10.0. The van der Waals surface area contributed by atoms with Gasteiger partial charge in [0.2, 0.25) is 5.91 Å². The largest absolute Gasteiger partial charge is 0.394 e. The van der Waals surface area contributed by atoms with Gasteiger partial charge in [-0.05, 0) is 38.5 Å². The number of aliphatic hydroxyl groups is 2. The average Bonchev–Trinajstić information content (AvgIpc) is 3.22. The fourth-order valence-electron chi connectivity index (χ4n) is 8.48. The number of hydrogen-bond acceptors (Lipinski definition) is 3. The van der Waals surface area contributed by atoms with Gasteiger partial charge in [-0.25, -0.2) is 0 Å². The lowest BCUT2D eigenvalue weighted by Gasteiger charge is -2.22. The molecule has 2 unspecified atom stereocenters. The van der Waals surface area contributed by atoms with E-state index in [1.165, 1.54) is 250 Å². The molecule has 0 heterocycles. The Hall–Kier alpha value is -0.870. The molecule has 57 heavy (non-hydrogen) atoms. The standard InChI is InChI=1S/C53H105NO3/c1-3-5-7-9-11-13-14-15-16-17-18-19-20-21-22-23-24-25-26-27-28-29-30-31-32-33-34-35-36-37-38-39-40-41-43-45-47-49-53(57)54-51(50-55)52(56)48-46-44-42-12-10-8-6-4-2/h17-18,51-52,55-56H,3-16,19-50H2,1-2H3,(H,54,57)/b18-17-. The molecule has 0 aromatic heterocycles. The molecule has 0 bridgehead atoms. The molecule has 0 rings (SSSR count). The molecular weight excluding hydrogens is 699 g/mol. The van der Waals surface area contributed by atoms with Gasteiger partial charge in [0.25, 0.3) is 0 Å². The minimum atomic E-state index is -0.652. The summed E-state index contributed by atoms with van der Waals surface area (Å²) in [5, 5.41) is 23.0. The lowest BCUT2D eigenvalue weighted by Crippen LogP contribution is -2.45. The topological polar surface area (TPSA) is 69.6 Å². The van der Waals surface area contributed by atoms with E-state index in [2.05, 4.69) is 31.3 Å². The molecule has 0 spiro atoms. The van der Waals surface area contributed by atoms with Crippen LogP contribution in [0.2, 0.25) is 0 Å². The Labute approximate surface area is 358 Å². The normalized spacial score (nSPS) is 12.8. The number of allylic oxidation sites excluding steroid dienone is 2. The minimum absolute atomic E-state index is 0.0286. The van der Waals surface area contributed by atoms with E-state index in [-0.39, 0.29) is 12.5 Å². The molecule has 0 aromatic carbocycles. The van der Waals surface area contributed by atoms with E-state index in [4.69, 9.17) is 0 Å². The highest BCUT2D eigenvalue weighted by Gasteiger charge is 2.20. The predicted molar refractivity (Wildman–Crippen MR) is 253 cm³/mol. The molecule has 3 N–H and O–H groups in total. The van der Waals surface area contributed by atoms with Crippen molar-refractivity contribution in [2.75, 3.05) is 6.61 Å². The van der Waals surface area contributed by atoms with E-state index in [0.29, 0.717) is 12.8 Å². The lowest BCUT2D eigenvalue weighted by molar-refractivity contribution is -0.123. The van der Waals surface area contributed by atoms with Crippen LogP contribution in [0.15, 0.2) is 12.2 Å². The fraction of sp³-hybridized carbons (Fsp3) is 0.943. The molecule has 0 aliphatic heterocycles. The van der Waals surface area contributed by atoms with Crippen molar-refractivity contribution in [2.24, 2.45) is 0 Å². The van der Waals surface area contributed by atoms with Gasteiger partial charge in [0, 0.05) is 6.42 Å². The van der Waals surface area contributed by atoms with Gasteiger partial charge in [0.15, 0.2) is 0 Å². The van der Waals surface area contributed by atoms with Gasteiger partial charge < -0.3 is 15.5 Å². The first kappa shape index (κ1) is 56.1. The van der Waals surface area contributed by atoms with Crippen LogP contribution < -0.4 is 5.32 Å². The Morgan fingerprint density at radius 3 is 0.965 bits per heavy atom. The zero-order valence-corrected chi connectivity index (χ0v) is 39.1. The molecule has 2 atom stereocenters. The first-order chi connectivity index (χ1) is 28.2. The number of amides is 1. The summed E-state index contributed by atoms with van der Waals surface area (Å²) in [6, 6.07) is -0.529. The molecule has 0 saturated heterocycles. The molecule has 4 heteroatoms. The van der Waals surface area contributed by atoms with E-state index in [1.54, 1.807) is 0 Å². The van der Waals surface area contributed by atoms with Gasteiger partial charge in [-0.3, -0.25) is 4.79 Å². The summed E-state index contributed by atoms with van der Waals surface area (Å²) in [6.45, 7) is 4.35. The molecule has 0 aromatic rings. The summed E-state index contributed by atoms with van der Waals surface area (Å²) in [6.07, 6.45) is 63.6. The number of nitrogens with one attached hydrogen (secondary N) is 1. The average molecular weight is 804 g/mol. The minimum Gasteiger partial charge on any atom is -0.394 e. The number of carbonyl (C=O) groups excluding carboxylic acids is 1. The molecule has 0 fully saturated rings. The second kappa shape index (κ2) is 49.5. The predicted octanol–water partition coefficient (Wildman–Crippen LogP) is 17.0. The second-order valence-electron chi connectivity index (χ2n) is 18.3. The summed E-state index contributed by atoms with van der Waals surface area (Å²) < 4.78 is 0. The molecule has 0 radical (unpaired) electrons. The van der Waals surface area contributed by atoms with Crippen molar-refractivity contribution in [1.29, 1.82) is 0 Å². The van der Waals surface area contributed by atoms with Gasteiger partial charge in [-0.1, -0.05) is 270 Å². The zero-order valence-electron chi connectivity index (χ0n) is 39.1. The molecule has 0 aliphatic rings. The van der Waals surface area contributed by atoms with Crippen LogP contribution >= 0.6 is 0 Å².